The van der Waals surface area contributed by atoms with E-state index in [2.05, 4.69) is 31.5 Å². The molecule has 1 heterocycles. The monoisotopic (exact) mass is 459 g/mol. The zero-order chi connectivity index (χ0) is 21.0. The number of rotatable bonds is 6. The number of carbonyl (C=O) groups is 1. The third kappa shape index (κ3) is 5.50. The summed E-state index contributed by atoms with van der Waals surface area (Å²) in [5.74, 6) is 0.527. The molecule has 0 saturated heterocycles. The number of carbonyl (C=O) groups excluding carboxylic acids is 1. The van der Waals surface area contributed by atoms with Crippen LogP contribution in [0.25, 0.3) is 0 Å². The Morgan fingerprint density at radius 3 is 2.55 bits per heavy atom. The van der Waals surface area contributed by atoms with Gasteiger partial charge in [0.2, 0.25) is 0 Å². The summed E-state index contributed by atoms with van der Waals surface area (Å²) < 4.78 is 0.865. The van der Waals surface area contributed by atoms with Gasteiger partial charge in [-0.15, -0.1) is 0 Å². The van der Waals surface area contributed by atoms with Gasteiger partial charge in [0.25, 0.3) is 11.5 Å². The van der Waals surface area contributed by atoms with Crippen LogP contribution in [0.15, 0.2) is 27.5 Å². The first kappa shape index (κ1) is 21.6. The van der Waals surface area contributed by atoms with Gasteiger partial charge in [-0.25, -0.2) is 0 Å². The number of hydrogen-bond acceptors (Lipinski definition) is 3. The van der Waals surface area contributed by atoms with E-state index >= 15 is 0 Å². The summed E-state index contributed by atoms with van der Waals surface area (Å²) in [7, 11) is 0. The molecule has 0 spiro atoms. The fourth-order valence-corrected chi connectivity index (χ4v) is 4.57. The molecule has 1 aliphatic carbocycles. The van der Waals surface area contributed by atoms with Crippen molar-refractivity contribution >= 4 is 27.5 Å². The second kappa shape index (κ2) is 9.61. The van der Waals surface area contributed by atoms with Crippen LogP contribution in [0.3, 0.4) is 0 Å². The summed E-state index contributed by atoms with van der Waals surface area (Å²) in [4.78, 5) is 27.9. The SMILES string of the molecule is Cc1cc(C)c(CNC(=O)c2cc(Br)cc(NCC3CCCCC3)c2C)c(=O)[nH]1. The normalized spacial score (nSPS) is 14.6. The Morgan fingerprint density at radius 2 is 1.86 bits per heavy atom. The van der Waals surface area contributed by atoms with E-state index in [1.807, 2.05) is 39.0 Å². The Bertz CT molecular complexity index is 946. The van der Waals surface area contributed by atoms with Crippen LogP contribution in [-0.4, -0.2) is 17.4 Å². The Balaban J connectivity index is 1.71. The van der Waals surface area contributed by atoms with Crippen LogP contribution < -0.4 is 16.2 Å². The Kier molecular flexibility index (Phi) is 7.17. The molecule has 2 aromatic rings. The average molecular weight is 460 g/mol. The van der Waals surface area contributed by atoms with Crippen molar-refractivity contribution < 1.29 is 4.79 Å². The Labute approximate surface area is 180 Å². The molecule has 1 aliphatic rings. The summed E-state index contributed by atoms with van der Waals surface area (Å²) in [6.07, 6.45) is 6.53. The van der Waals surface area contributed by atoms with Crippen molar-refractivity contribution in [2.45, 2.75) is 59.4 Å². The van der Waals surface area contributed by atoms with Gasteiger partial charge in [-0.3, -0.25) is 9.59 Å². The Morgan fingerprint density at radius 1 is 1.14 bits per heavy atom. The lowest BCUT2D eigenvalue weighted by molar-refractivity contribution is 0.0950. The predicted octanol–water partition coefficient (Wildman–Crippen LogP) is 4.98. The molecule has 29 heavy (non-hydrogen) atoms. The lowest BCUT2D eigenvalue weighted by Crippen LogP contribution is -2.28. The molecule has 1 fully saturated rings. The quantitative estimate of drug-likeness (QED) is 0.569. The van der Waals surface area contributed by atoms with Crippen LogP contribution in [0.2, 0.25) is 0 Å². The van der Waals surface area contributed by atoms with Crippen molar-refractivity contribution in [2.24, 2.45) is 5.92 Å². The third-order valence-electron chi connectivity index (χ3n) is 5.84. The molecular weight excluding hydrogens is 430 g/mol. The second-order valence-corrected chi connectivity index (χ2v) is 9.05. The van der Waals surface area contributed by atoms with E-state index in [0.717, 1.165) is 33.5 Å². The standard InChI is InChI=1S/C23H30BrN3O2/c1-14-9-15(2)27-23(29)20(14)13-26-22(28)19-10-18(24)11-21(16(19)3)25-12-17-7-5-4-6-8-17/h9-11,17,25H,4-8,12-13H2,1-3H3,(H,26,28)(H,27,29). The smallest absolute Gasteiger partial charge is 0.253 e. The van der Waals surface area contributed by atoms with Crippen molar-refractivity contribution in [3.05, 3.63) is 61.0 Å². The van der Waals surface area contributed by atoms with Gasteiger partial charge >= 0.3 is 0 Å². The molecule has 0 bridgehead atoms. The molecule has 6 heteroatoms. The van der Waals surface area contributed by atoms with Gasteiger partial charge in [0.1, 0.15) is 0 Å². The molecule has 3 rings (SSSR count). The van der Waals surface area contributed by atoms with E-state index in [1.165, 1.54) is 32.1 Å². The number of H-pyrrole nitrogens is 1. The minimum Gasteiger partial charge on any atom is -0.385 e. The first-order chi connectivity index (χ1) is 13.8. The molecule has 1 saturated carbocycles. The summed E-state index contributed by atoms with van der Waals surface area (Å²) >= 11 is 3.53. The number of anilines is 1. The Hall–Kier alpha value is -2.08. The molecule has 0 aliphatic heterocycles. The van der Waals surface area contributed by atoms with Crippen LogP contribution in [0.1, 0.15) is 64.8 Å². The molecule has 1 aromatic carbocycles. The molecule has 0 radical (unpaired) electrons. The van der Waals surface area contributed by atoms with E-state index in [4.69, 9.17) is 0 Å². The van der Waals surface area contributed by atoms with Crippen LogP contribution in [0, 0.1) is 26.7 Å². The molecule has 1 aromatic heterocycles. The van der Waals surface area contributed by atoms with Gasteiger partial charge in [0, 0.05) is 40.1 Å². The number of aryl methyl sites for hydroxylation is 2. The predicted molar refractivity (Wildman–Crippen MR) is 122 cm³/mol. The van der Waals surface area contributed by atoms with Crippen molar-refractivity contribution in [3.8, 4) is 0 Å². The number of hydrogen-bond donors (Lipinski definition) is 3. The fourth-order valence-electron chi connectivity index (χ4n) is 4.11. The van der Waals surface area contributed by atoms with Crippen LogP contribution in [-0.2, 0) is 6.54 Å². The van der Waals surface area contributed by atoms with Gasteiger partial charge in [-0.2, -0.15) is 0 Å². The highest BCUT2D eigenvalue weighted by Crippen LogP contribution is 2.28. The van der Waals surface area contributed by atoms with E-state index in [0.29, 0.717) is 17.0 Å². The van der Waals surface area contributed by atoms with Crippen LogP contribution >= 0.6 is 15.9 Å². The maximum Gasteiger partial charge on any atom is 0.253 e. The van der Waals surface area contributed by atoms with Crippen molar-refractivity contribution in [1.82, 2.24) is 10.3 Å². The first-order valence-corrected chi connectivity index (χ1v) is 11.2. The third-order valence-corrected chi connectivity index (χ3v) is 6.30. The number of benzene rings is 1. The lowest BCUT2D eigenvalue weighted by atomic mass is 9.89. The molecule has 3 N–H and O–H groups in total. The molecule has 0 unspecified atom stereocenters. The van der Waals surface area contributed by atoms with Crippen LogP contribution in [0.4, 0.5) is 5.69 Å². The van der Waals surface area contributed by atoms with Gasteiger partial charge in [0.05, 0.1) is 0 Å². The van der Waals surface area contributed by atoms with E-state index in [9.17, 15) is 9.59 Å². The number of aromatic nitrogens is 1. The van der Waals surface area contributed by atoms with Gasteiger partial charge in [0.15, 0.2) is 0 Å². The number of nitrogens with one attached hydrogen (secondary N) is 3. The lowest BCUT2D eigenvalue weighted by Gasteiger charge is -2.23. The van der Waals surface area contributed by atoms with Gasteiger partial charge in [-0.05, 0) is 68.9 Å². The highest BCUT2D eigenvalue weighted by atomic mass is 79.9. The largest absolute Gasteiger partial charge is 0.385 e. The number of aromatic amines is 1. The summed E-state index contributed by atoms with van der Waals surface area (Å²) in [5, 5.41) is 6.46. The minimum atomic E-state index is -0.177. The van der Waals surface area contributed by atoms with Crippen molar-refractivity contribution in [2.75, 3.05) is 11.9 Å². The zero-order valence-corrected chi connectivity index (χ0v) is 19.0. The van der Waals surface area contributed by atoms with E-state index in [1.54, 1.807) is 0 Å². The minimum absolute atomic E-state index is 0.149. The first-order valence-electron chi connectivity index (χ1n) is 10.4. The van der Waals surface area contributed by atoms with Gasteiger partial charge in [-0.1, -0.05) is 35.2 Å². The average Bonchev–Trinajstić information content (AvgIpc) is 2.68. The molecule has 156 valence electrons. The number of amides is 1. The topological polar surface area (TPSA) is 74.0 Å². The van der Waals surface area contributed by atoms with Crippen molar-refractivity contribution in [1.29, 1.82) is 0 Å². The van der Waals surface area contributed by atoms with Crippen molar-refractivity contribution in [3.63, 3.8) is 0 Å². The van der Waals surface area contributed by atoms with Crippen LogP contribution in [0.5, 0.6) is 0 Å². The highest BCUT2D eigenvalue weighted by molar-refractivity contribution is 9.10. The number of pyridine rings is 1. The molecule has 1 amide bonds. The molecule has 5 nitrogen and oxygen atoms in total. The molecule has 0 atom stereocenters. The maximum absolute atomic E-state index is 12.9. The van der Waals surface area contributed by atoms with Gasteiger partial charge < -0.3 is 15.6 Å². The van der Waals surface area contributed by atoms with E-state index < -0.39 is 0 Å². The van der Waals surface area contributed by atoms with E-state index in [-0.39, 0.29) is 18.0 Å². The highest BCUT2D eigenvalue weighted by Gasteiger charge is 2.17. The summed E-state index contributed by atoms with van der Waals surface area (Å²) in [6, 6.07) is 5.78. The summed E-state index contributed by atoms with van der Waals surface area (Å²) in [5.41, 5.74) is 4.67. The summed E-state index contributed by atoms with van der Waals surface area (Å²) in [6.45, 7) is 6.85. The molecular formula is C23H30BrN3O2. The number of halogens is 1. The zero-order valence-electron chi connectivity index (χ0n) is 17.5. The fraction of sp³-hybridized carbons (Fsp3) is 0.478. The maximum atomic E-state index is 12.9. The second-order valence-electron chi connectivity index (χ2n) is 8.14.